The minimum absolute atomic E-state index is 0.231. The van der Waals surface area contributed by atoms with Gasteiger partial charge in [-0.1, -0.05) is 11.2 Å². The quantitative estimate of drug-likeness (QED) is 0.305. The highest BCUT2D eigenvalue weighted by Crippen LogP contribution is 2.38. The van der Waals surface area contributed by atoms with E-state index >= 15 is 0 Å². The van der Waals surface area contributed by atoms with Crippen LogP contribution in [0, 0.1) is 0 Å². The summed E-state index contributed by atoms with van der Waals surface area (Å²) in [6.07, 6.45) is 0.846. The first-order valence-corrected chi connectivity index (χ1v) is 15.9. The Kier molecular flexibility index (Phi) is 10.4. The summed E-state index contributed by atoms with van der Waals surface area (Å²) in [6.45, 7) is 2.59. The van der Waals surface area contributed by atoms with Gasteiger partial charge in [0.1, 0.15) is 24.7 Å². The molecule has 6 heterocycles. The number of rotatable bonds is 6. The van der Waals surface area contributed by atoms with Crippen molar-refractivity contribution in [1.29, 1.82) is 0 Å². The largest absolute Gasteiger partial charge is 0.493 e. The van der Waals surface area contributed by atoms with Crippen molar-refractivity contribution in [3.8, 4) is 34.5 Å². The number of hydrogen-bond donors (Lipinski definition) is 2. The summed E-state index contributed by atoms with van der Waals surface area (Å²) in [5.74, 6) is 3.27. The number of amides is 2. The lowest BCUT2D eigenvalue weighted by Gasteiger charge is -2.40. The monoisotopic (exact) mass is 673 g/mol. The van der Waals surface area contributed by atoms with Gasteiger partial charge in [-0.15, -0.1) is 0 Å². The van der Waals surface area contributed by atoms with Gasteiger partial charge in [-0.3, -0.25) is 14.5 Å². The fourth-order valence-electron chi connectivity index (χ4n) is 5.71. The number of likely N-dealkylation sites (tertiary alicyclic amines) is 1. The molecule has 1 fully saturated rings. The number of aromatic nitrogens is 2. The Morgan fingerprint density at radius 1 is 0.878 bits per heavy atom. The minimum Gasteiger partial charge on any atom is -0.493 e. The van der Waals surface area contributed by atoms with Crippen molar-refractivity contribution >= 4 is 11.8 Å². The van der Waals surface area contributed by atoms with Crippen molar-refractivity contribution in [1.82, 2.24) is 25.7 Å². The molecule has 1 aromatic heterocycles. The van der Waals surface area contributed by atoms with Crippen LogP contribution in [0.2, 0.25) is 0 Å². The molecule has 9 rings (SSSR count). The molecule has 2 N–H and O–H groups in total. The van der Waals surface area contributed by atoms with E-state index in [1.165, 1.54) is 7.11 Å². The summed E-state index contributed by atoms with van der Waals surface area (Å²) in [6, 6.07) is 17.4. The molecule has 14 nitrogen and oxygen atoms in total. The molecule has 0 unspecified atom stereocenters. The van der Waals surface area contributed by atoms with Crippen LogP contribution in [0.3, 0.4) is 0 Å². The number of fused-ring (bicyclic) bond motifs is 3. The van der Waals surface area contributed by atoms with Gasteiger partial charge in [0, 0.05) is 45.1 Å². The molecule has 4 aromatic rings. The van der Waals surface area contributed by atoms with Crippen molar-refractivity contribution in [2.75, 3.05) is 47.6 Å². The van der Waals surface area contributed by atoms with Crippen molar-refractivity contribution < 1.29 is 42.5 Å². The lowest BCUT2D eigenvalue weighted by atomic mass is 9.89. The summed E-state index contributed by atoms with van der Waals surface area (Å²) in [4.78, 5) is 33.4. The van der Waals surface area contributed by atoms with Crippen LogP contribution in [0.25, 0.3) is 0 Å². The summed E-state index contributed by atoms with van der Waals surface area (Å²) in [5, 5.41) is 9.89. The summed E-state index contributed by atoms with van der Waals surface area (Å²) >= 11 is 0. The second-order valence-electron chi connectivity index (χ2n) is 11.6. The van der Waals surface area contributed by atoms with Gasteiger partial charge in [0.2, 0.25) is 5.89 Å². The maximum atomic E-state index is 14.0. The SMILES string of the molecule is COCc1noc(CN2CCC3(CC2)Oc2ccc(cc2)OCCNC(=O)c2ccc(c(OC)c2)Oc2ccc(cc2OC)CNC3=O)n1. The highest BCUT2D eigenvalue weighted by Gasteiger charge is 2.44. The van der Waals surface area contributed by atoms with Gasteiger partial charge < -0.3 is 43.6 Å². The molecule has 1 spiro atoms. The van der Waals surface area contributed by atoms with Crippen LogP contribution in [0.1, 0.15) is 40.5 Å². The lowest BCUT2D eigenvalue weighted by Crippen LogP contribution is -2.57. The van der Waals surface area contributed by atoms with Crippen LogP contribution in [0.15, 0.2) is 65.2 Å². The first kappa shape index (κ1) is 33.6. The van der Waals surface area contributed by atoms with Crippen LogP contribution in [-0.4, -0.2) is 80.0 Å². The third-order valence-electron chi connectivity index (χ3n) is 8.34. The summed E-state index contributed by atoms with van der Waals surface area (Å²) in [7, 11) is 4.62. The number of nitrogens with zero attached hydrogens (tertiary/aromatic N) is 3. The fraction of sp³-hybridized carbons (Fsp3) is 0.371. The Balaban J connectivity index is 1.24. The third kappa shape index (κ3) is 8.04. The van der Waals surface area contributed by atoms with Crippen LogP contribution >= 0.6 is 0 Å². The summed E-state index contributed by atoms with van der Waals surface area (Å²) < 4.78 is 40.1. The molecule has 0 aliphatic carbocycles. The molecule has 0 saturated carbocycles. The smallest absolute Gasteiger partial charge is 0.264 e. The van der Waals surface area contributed by atoms with Crippen molar-refractivity contribution in [3.63, 3.8) is 0 Å². The fourth-order valence-corrected chi connectivity index (χ4v) is 5.71. The van der Waals surface area contributed by atoms with E-state index < -0.39 is 5.60 Å². The van der Waals surface area contributed by atoms with E-state index in [9.17, 15) is 9.59 Å². The van der Waals surface area contributed by atoms with Gasteiger partial charge in [0.05, 0.1) is 27.3 Å². The Bertz CT molecular complexity index is 1750. The zero-order chi connectivity index (χ0) is 34.2. The predicted octanol–water partition coefficient (Wildman–Crippen LogP) is 3.88. The maximum absolute atomic E-state index is 14.0. The Morgan fingerprint density at radius 3 is 2.33 bits per heavy atom. The number of nitrogens with one attached hydrogen (secondary N) is 2. The standard InChI is InChI=1S/C35H39N5O9/c1-43-22-31-38-32(49-39-31)21-40-15-12-35(13-16-40)34(42)37-20-23-4-10-27(29(18-23)44-2)47-28-11-5-24(19-30(28)45-3)33(41)36-14-17-46-25-6-8-26(48-35)9-7-25/h4-11,18-19H,12-17,20-22H2,1-3H3,(H,36,41)(H,37,42). The van der Waals surface area contributed by atoms with Crippen molar-refractivity contribution in [2.24, 2.45) is 0 Å². The first-order chi connectivity index (χ1) is 23.9. The maximum Gasteiger partial charge on any atom is 0.264 e. The van der Waals surface area contributed by atoms with Crippen molar-refractivity contribution in [3.05, 3.63) is 83.5 Å². The van der Waals surface area contributed by atoms with Gasteiger partial charge in [-0.2, -0.15) is 4.98 Å². The molecule has 14 heteroatoms. The summed E-state index contributed by atoms with van der Waals surface area (Å²) in [5.41, 5.74) is 0.0736. The number of hydrogen-bond acceptors (Lipinski definition) is 12. The number of carbonyl (C=O) groups is 2. The first-order valence-electron chi connectivity index (χ1n) is 15.9. The molecule has 5 aliphatic heterocycles. The second kappa shape index (κ2) is 15.3. The topological polar surface area (TPSA) is 156 Å². The highest BCUT2D eigenvalue weighted by atomic mass is 16.5. The van der Waals surface area contributed by atoms with E-state index in [0.29, 0.717) is 84.3 Å². The van der Waals surface area contributed by atoms with Gasteiger partial charge >= 0.3 is 0 Å². The molecule has 1 saturated heterocycles. The average Bonchev–Trinajstić information content (AvgIpc) is 3.57. The molecule has 3 aromatic carbocycles. The second-order valence-corrected chi connectivity index (χ2v) is 11.6. The molecule has 49 heavy (non-hydrogen) atoms. The molecule has 2 amide bonds. The van der Waals surface area contributed by atoms with E-state index in [1.54, 1.807) is 68.8 Å². The lowest BCUT2D eigenvalue weighted by molar-refractivity contribution is -0.141. The van der Waals surface area contributed by atoms with Crippen molar-refractivity contribution in [2.45, 2.75) is 38.1 Å². The predicted molar refractivity (Wildman–Crippen MR) is 175 cm³/mol. The number of ether oxygens (including phenoxy) is 6. The molecular formula is C35H39N5O9. The van der Waals surface area contributed by atoms with Gasteiger partial charge in [-0.25, -0.2) is 0 Å². The van der Waals surface area contributed by atoms with Crippen LogP contribution in [-0.2, 0) is 29.2 Å². The number of piperidine rings is 1. The van der Waals surface area contributed by atoms with Gasteiger partial charge in [0.15, 0.2) is 34.4 Å². The average molecular weight is 674 g/mol. The normalized spacial score (nSPS) is 16.7. The van der Waals surface area contributed by atoms with E-state index in [0.717, 1.165) is 5.56 Å². The molecule has 258 valence electrons. The Morgan fingerprint density at radius 2 is 1.59 bits per heavy atom. The van der Waals surface area contributed by atoms with Crippen LogP contribution in [0.5, 0.6) is 34.5 Å². The zero-order valence-corrected chi connectivity index (χ0v) is 27.7. The van der Waals surface area contributed by atoms with Gasteiger partial charge in [0.25, 0.3) is 11.8 Å². The number of benzene rings is 3. The molecule has 6 bridgehead atoms. The number of methoxy groups -OCH3 is 3. The van der Waals surface area contributed by atoms with E-state index in [1.807, 2.05) is 6.07 Å². The van der Waals surface area contributed by atoms with E-state index in [4.69, 9.17) is 32.9 Å². The number of carbonyl (C=O) groups excluding carboxylic acids is 2. The van der Waals surface area contributed by atoms with Gasteiger partial charge in [-0.05, 0) is 60.2 Å². The van der Waals surface area contributed by atoms with Crippen LogP contribution < -0.4 is 34.3 Å². The highest BCUT2D eigenvalue weighted by molar-refractivity contribution is 5.94. The van der Waals surface area contributed by atoms with E-state index in [-0.39, 0.29) is 38.1 Å². The minimum atomic E-state index is -1.13. The molecule has 0 radical (unpaired) electrons. The molecular weight excluding hydrogens is 634 g/mol. The molecule has 5 aliphatic rings. The van der Waals surface area contributed by atoms with E-state index in [2.05, 4.69) is 25.7 Å². The molecule has 0 atom stereocenters. The Hall–Kier alpha value is -5.34. The van der Waals surface area contributed by atoms with Crippen LogP contribution in [0.4, 0.5) is 0 Å². The zero-order valence-electron chi connectivity index (χ0n) is 27.7. The third-order valence-corrected chi connectivity index (χ3v) is 8.34. The Labute approximate surface area is 283 Å².